The fourth-order valence-electron chi connectivity index (χ4n) is 4.35. The average molecular weight is 349 g/mol. The molecule has 1 unspecified atom stereocenters. The normalized spacial score (nSPS) is 20.6. The van der Waals surface area contributed by atoms with E-state index in [0.29, 0.717) is 18.3 Å². The number of amides is 1. The number of nitrogens with zero attached hydrogens (tertiary/aromatic N) is 4. The van der Waals surface area contributed by atoms with E-state index in [1.807, 2.05) is 23.1 Å². The molecule has 0 radical (unpaired) electrons. The molecule has 134 valence electrons. The number of hydrogen-bond donors (Lipinski definition) is 1. The molecule has 3 aromatic rings. The van der Waals surface area contributed by atoms with Crippen molar-refractivity contribution < 1.29 is 4.79 Å². The van der Waals surface area contributed by atoms with Crippen LogP contribution in [0.2, 0.25) is 0 Å². The molecule has 4 heterocycles. The molecule has 2 aliphatic rings. The van der Waals surface area contributed by atoms with Gasteiger partial charge in [0.1, 0.15) is 5.69 Å². The standard InChI is InChI=1S/C20H23N5O/c26-20(25-11-10-23-8-3-5-17(23)14-25)18-12-16(21-22-18)13-24-9-7-15-4-1-2-6-19(15)24/h1-2,4,6-7,9,12,17H,3,5,8,10-11,13-14H2,(H,21,22). The van der Waals surface area contributed by atoms with E-state index in [0.717, 1.165) is 25.3 Å². The summed E-state index contributed by atoms with van der Waals surface area (Å²) in [5.74, 6) is 0.0522. The lowest BCUT2D eigenvalue weighted by atomic mass is 10.1. The molecule has 1 N–H and O–H groups in total. The predicted octanol–water partition coefficient (Wildman–Crippen LogP) is 2.33. The minimum atomic E-state index is 0.0522. The summed E-state index contributed by atoms with van der Waals surface area (Å²) in [5, 5.41) is 8.56. The van der Waals surface area contributed by atoms with Gasteiger partial charge < -0.3 is 9.47 Å². The molecule has 6 heteroatoms. The SMILES string of the molecule is O=C(c1cc(Cn2ccc3ccccc32)[nH]n1)N1CCN2CCCC2C1. The summed E-state index contributed by atoms with van der Waals surface area (Å²) in [6, 6.07) is 12.9. The van der Waals surface area contributed by atoms with Crippen molar-refractivity contribution in [2.45, 2.75) is 25.4 Å². The molecular formula is C20H23N5O. The number of H-pyrrole nitrogens is 1. The van der Waals surface area contributed by atoms with Crippen LogP contribution in [0.3, 0.4) is 0 Å². The number of fused-ring (bicyclic) bond motifs is 2. The van der Waals surface area contributed by atoms with E-state index < -0.39 is 0 Å². The molecule has 1 aromatic carbocycles. The van der Waals surface area contributed by atoms with Crippen molar-refractivity contribution in [1.29, 1.82) is 0 Å². The molecule has 2 aromatic heterocycles. The number of aromatic amines is 1. The first-order chi connectivity index (χ1) is 12.8. The lowest BCUT2D eigenvalue weighted by molar-refractivity contribution is 0.0565. The maximum Gasteiger partial charge on any atom is 0.274 e. The molecule has 0 bridgehead atoms. The third kappa shape index (κ3) is 2.70. The highest BCUT2D eigenvalue weighted by Gasteiger charge is 2.33. The number of benzene rings is 1. The van der Waals surface area contributed by atoms with Crippen LogP contribution in [0.4, 0.5) is 0 Å². The van der Waals surface area contributed by atoms with Crippen LogP contribution in [0.1, 0.15) is 29.0 Å². The maximum atomic E-state index is 12.8. The molecule has 0 spiro atoms. The van der Waals surface area contributed by atoms with Crippen molar-refractivity contribution in [2.24, 2.45) is 0 Å². The molecule has 2 saturated heterocycles. The summed E-state index contributed by atoms with van der Waals surface area (Å²) in [6.45, 7) is 4.50. The number of para-hydroxylation sites is 1. The summed E-state index contributed by atoms with van der Waals surface area (Å²) in [4.78, 5) is 17.3. The Hall–Kier alpha value is -2.60. The van der Waals surface area contributed by atoms with Gasteiger partial charge in [0.05, 0.1) is 12.2 Å². The quantitative estimate of drug-likeness (QED) is 0.790. The Balaban J connectivity index is 1.31. The van der Waals surface area contributed by atoms with Gasteiger partial charge in [0.15, 0.2) is 0 Å². The van der Waals surface area contributed by atoms with Crippen molar-refractivity contribution >= 4 is 16.8 Å². The van der Waals surface area contributed by atoms with Crippen molar-refractivity contribution in [3.63, 3.8) is 0 Å². The van der Waals surface area contributed by atoms with Crippen molar-refractivity contribution in [2.75, 3.05) is 26.2 Å². The van der Waals surface area contributed by atoms with E-state index in [4.69, 9.17) is 0 Å². The zero-order valence-electron chi connectivity index (χ0n) is 14.8. The van der Waals surface area contributed by atoms with E-state index in [1.54, 1.807) is 0 Å². The number of hydrogen-bond acceptors (Lipinski definition) is 3. The Kier molecular flexibility index (Phi) is 3.78. The second-order valence-corrected chi connectivity index (χ2v) is 7.36. The molecule has 0 aliphatic carbocycles. The Morgan fingerprint density at radius 1 is 1.19 bits per heavy atom. The van der Waals surface area contributed by atoms with Crippen molar-refractivity contribution in [1.82, 2.24) is 24.6 Å². The van der Waals surface area contributed by atoms with E-state index in [9.17, 15) is 4.79 Å². The first kappa shape index (κ1) is 15.6. The number of carbonyl (C=O) groups excluding carboxylic acids is 1. The largest absolute Gasteiger partial charge is 0.341 e. The molecule has 2 fully saturated rings. The minimum Gasteiger partial charge on any atom is -0.341 e. The number of nitrogens with one attached hydrogen (secondary N) is 1. The number of piperazine rings is 1. The third-order valence-corrected chi connectivity index (χ3v) is 5.75. The Morgan fingerprint density at radius 2 is 2.12 bits per heavy atom. The van der Waals surface area contributed by atoms with E-state index in [2.05, 4.69) is 44.1 Å². The molecule has 0 saturated carbocycles. The van der Waals surface area contributed by atoms with Crippen LogP contribution in [0, 0.1) is 0 Å². The highest BCUT2D eigenvalue weighted by Crippen LogP contribution is 2.22. The molecular weight excluding hydrogens is 326 g/mol. The van der Waals surface area contributed by atoms with Gasteiger partial charge in [-0.3, -0.25) is 14.8 Å². The maximum absolute atomic E-state index is 12.8. The molecule has 5 rings (SSSR count). The van der Waals surface area contributed by atoms with E-state index >= 15 is 0 Å². The zero-order valence-corrected chi connectivity index (χ0v) is 14.8. The fourth-order valence-corrected chi connectivity index (χ4v) is 4.35. The van der Waals surface area contributed by atoms with Crippen molar-refractivity contribution in [3.05, 3.63) is 54.0 Å². The van der Waals surface area contributed by atoms with Crippen LogP contribution in [-0.4, -0.2) is 62.7 Å². The van der Waals surface area contributed by atoms with Crippen LogP contribution in [-0.2, 0) is 6.54 Å². The van der Waals surface area contributed by atoms with Crippen LogP contribution in [0.5, 0.6) is 0 Å². The zero-order chi connectivity index (χ0) is 17.5. The highest BCUT2D eigenvalue weighted by molar-refractivity contribution is 5.92. The van der Waals surface area contributed by atoms with Gasteiger partial charge in [-0.2, -0.15) is 5.10 Å². The van der Waals surface area contributed by atoms with Gasteiger partial charge in [0.2, 0.25) is 0 Å². The second kappa shape index (κ2) is 6.29. The smallest absolute Gasteiger partial charge is 0.274 e. The molecule has 1 atom stereocenters. The monoisotopic (exact) mass is 349 g/mol. The Bertz CT molecular complexity index is 942. The topological polar surface area (TPSA) is 57.2 Å². The lowest BCUT2D eigenvalue weighted by Gasteiger charge is -2.37. The molecule has 26 heavy (non-hydrogen) atoms. The minimum absolute atomic E-state index is 0.0522. The number of aromatic nitrogens is 3. The summed E-state index contributed by atoms with van der Waals surface area (Å²) < 4.78 is 2.18. The van der Waals surface area contributed by atoms with Crippen LogP contribution in [0.25, 0.3) is 10.9 Å². The average Bonchev–Trinajstić information content (AvgIpc) is 3.41. The molecule has 6 nitrogen and oxygen atoms in total. The third-order valence-electron chi connectivity index (χ3n) is 5.75. The van der Waals surface area contributed by atoms with Crippen LogP contribution >= 0.6 is 0 Å². The summed E-state index contributed by atoms with van der Waals surface area (Å²) in [5.41, 5.74) is 2.67. The van der Waals surface area contributed by atoms with Gasteiger partial charge in [-0.25, -0.2) is 0 Å². The van der Waals surface area contributed by atoms with Crippen LogP contribution < -0.4 is 0 Å². The Morgan fingerprint density at radius 3 is 3.08 bits per heavy atom. The van der Waals surface area contributed by atoms with Crippen LogP contribution in [0.15, 0.2) is 42.6 Å². The Labute approximate surface area is 152 Å². The molecule has 2 aliphatic heterocycles. The first-order valence-corrected chi connectivity index (χ1v) is 9.39. The van der Waals surface area contributed by atoms with Gasteiger partial charge in [-0.05, 0) is 43.0 Å². The predicted molar refractivity (Wildman–Crippen MR) is 100 cm³/mol. The summed E-state index contributed by atoms with van der Waals surface area (Å²) in [6.07, 6.45) is 4.53. The second-order valence-electron chi connectivity index (χ2n) is 7.36. The highest BCUT2D eigenvalue weighted by atomic mass is 16.2. The van der Waals surface area contributed by atoms with Gasteiger partial charge >= 0.3 is 0 Å². The fraction of sp³-hybridized carbons (Fsp3) is 0.400. The first-order valence-electron chi connectivity index (χ1n) is 9.39. The lowest BCUT2D eigenvalue weighted by Crippen LogP contribution is -2.52. The van der Waals surface area contributed by atoms with E-state index in [-0.39, 0.29) is 5.91 Å². The van der Waals surface area contributed by atoms with Crippen molar-refractivity contribution in [3.8, 4) is 0 Å². The summed E-state index contributed by atoms with van der Waals surface area (Å²) in [7, 11) is 0. The van der Waals surface area contributed by atoms with Gasteiger partial charge in [0.25, 0.3) is 5.91 Å². The van der Waals surface area contributed by atoms with Gasteiger partial charge in [-0.15, -0.1) is 0 Å². The van der Waals surface area contributed by atoms with E-state index in [1.165, 1.54) is 30.3 Å². The van der Waals surface area contributed by atoms with Gasteiger partial charge in [0, 0.05) is 37.4 Å². The number of carbonyl (C=O) groups is 1. The molecule has 1 amide bonds. The summed E-state index contributed by atoms with van der Waals surface area (Å²) >= 11 is 0. The van der Waals surface area contributed by atoms with Gasteiger partial charge in [-0.1, -0.05) is 18.2 Å². The number of rotatable bonds is 3.